The summed E-state index contributed by atoms with van der Waals surface area (Å²) in [6.07, 6.45) is 2.58. The Morgan fingerprint density at radius 2 is 2.24 bits per heavy atom. The van der Waals surface area contributed by atoms with Gasteiger partial charge in [0.05, 0.1) is 13.2 Å². The Labute approximate surface area is 125 Å². The number of hydrogen-bond acceptors (Lipinski definition) is 6. The highest BCUT2D eigenvalue weighted by molar-refractivity contribution is 5.80. The van der Waals surface area contributed by atoms with Gasteiger partial charge in [0.2, 0.25) is 17.7 Å². The Kier molecular flexibility index (Phi) is 5.74. The van der Waals surface area contributed by atoms with Gasteiger partial charge >= 0.3 is 0 Å². The van der Waals surface area contributed by atoms with Gasteiger partial charge in [0.25, 0.3) is 0 Å². The lowest BCUT2D eigenvalue weighted by Crippen LogP contribution is -2.49. The van der Waals surface area contributed by atoms with Crippen LogP contribution in [0.5, 0.6) is 5.88 Å². The molecule has 1 N–H and O–H groups in total. The number of piperazine rings is 1. The molecule has 0 aliphatic carbocycles. The number of anilines is 1. The summed E-state index contributed by atoms with van der Waals surface area (Å²) < 4.78 is 5.49. The fraction of sp³-hybridized carbons (Fsp3) is 0.643. The van der Waals surface area contributed by atoms with Crippen LogP contribution in [0.4, 0.5) is 5.95 Å². The van der Waals surface area contributed by atoms with Crippen molar-refractivity contribution in [3.05, 3.63) is 12.3 Å². The van der Waals surface area contributed by atoms with E-state index in [1.54, 1.807) is 17.2 Å². The lowest BCUT2D eigenvalue weighted by atomic mass is 10.3. The van der Waals surface area contributed by atoms with Gasteiger partial charge in [0.15, 0.2) is 0 Å². The summed E-state index contributed by atoms with van der Waals surface area (Å²) in [5, 5.41) is 3.23. The number of carbonyl (C=O) groups excluding carboxylic acids is 1. The van der Waals surface area contributed by atoms with E-state index in [-0.39, 0.29) is 12.5 Å². The maximum atomic E-state index is 12.2. The second kappa shape index (κ2) is 7.78. The third-order valence-corrected chi connectivity index (χ3v) is 3.25. The number of nitrogens with one attached hydrogen (secondary N) is 1. The number of ether oxygens (including phenoxy) is 1. The van der Waals surface area contributed by atoms with E-state index in [0.717, 1.165) is 32.6 Å². The zero-order valence-electron chi connectivity index (χ0n) is 12.7. The van der Waals surface area contributed by atoms with Crippen molar-refractivity contribution in [3.8, 4) is 5.88 Å². The molecule has 0 unspecified atom stereocenters. The molecule has 1 amide bonds. The van der Waals surface area contributed by atoms with Gasteiger partial charge in [0.1, 0.15) is 0 Å². The number of hydrogen-bond donors (Lipinski definition) is 1. The van der Waals surface area contributed by atoms with Gasteiger partial charge in [-0.1, -0.05) is 6.92 Å². The van der Waals surface area contributed by atoms with Crippen molar-refractivity contribution in [2.24, 2.45) is 0 Å². The third-order valence-electron chi connectivity index (χ3n) is 3.25. The van der Waals surface area contributed by atoms with E-state index in [1.807, 2.05) is 18.9 Å². The topological polar surface area (TPSA) is 70.6 Å². The van der Waals surface area contributed by atoms with Crippen LogP contribution in [0, 0.1) is 0 Å². The van der Waals surface area contributed by atoms with Crippen molar-refractivity contribution in [3.63, 3.8) is 0 Å². The second-order valence-electron chi connectivity index (χ2n) is 5.03. The average Bonchev–Trinajstić information content (AvgIpc) is 2.54. The Bertz CT molecular complexity index is 462. The fourth-order valence-electron chi connectivity index (χ4n) is 2.09. The number of carbonyl (C=O) groups is 1. The Hall–Kier alpha value is -1.89. The van der Waals surface area contributed by atoms with Crippen molar-refractivity contribution < 1.29 is 9.53 Å². The highest BCUT2D eigenvalue weighted by Crippen LogP contribution is 2.12. The molecule has 1 fully saturated rings. The Morgan fingerprint density at radius 3 is 2.95 bits per heavy atom. The van der Waals surface area contributed by atoms with Gasteiger partial charge in [-0.3, -0.25) is 4.79 Å². The maximum absolute atomic E-state index is 12.2. The smallest absolute Gasteiger partial charge is 0.242 e. The van der Waals surface area contributed by atoms with Crippen LogP contribution in [0.2, 0.25) is 0 Å². The Morgan fingerprint density at radius 1 is 1.48 bits per heavy atom. The Balaban J connectivity index is 1.92. The van der Waals surface area contributed by atoms with Crippen LogP contribution in [0.1, 0.15) is 13.3 Å². The number of nitrogens with zero attached hydrogens (tertiary/aromatic N) is 4. The SMILES string of the molecule is CCCOc1ccnc(N(C)CC(=O)N2CCNCC2)n1. The lowest BCUT2D eigenvalue weighted by Gasteiger charge is -2.29. The molecule has 0 aromatic carbocycles. The van der Waals surface area contributed by atoms with Crippen LogP contribution in [0.25, 0.3) is 0 Å². The molecule has 1 aliphatic rings. The normalized spacial score (nSPS) is 14.9. The molecule has 1 aliphatic heterocycles. The van der Waals surface area contributed by atoms with Crippen molar-refractivity contribution in [2.75, 3.05) is 51.3 Å². The molecule has 7 nitrogen and oxygen atoms in total. The lowest BCUT2D eigenvalue weighted by molar-refractivity contribution is -0.130. The molecular formula is C14H23N5O2. The maximum Gasteiger partial charge on any atom is 0.242 e. The molecule has 7 heteroatoms. The zero-order valence-corrected chi connectivity index (χ0v) is 12.7. The van der Waals surface area contributed by atoms with E-state index >= 15 is 0 Å². The van der Waals surface area contributed by atoms with E-state index in [1.165, 1.54) is 0 Å². The first-order valence-electron chi connectivity index (χ1n) is 7.36. The first-order chi connectivity index (χ1) is 10.2. The standard InChI is InChI=1S/C14H23N5O2/c1-3-10-21-12-4-5-16-14(17-12)18(2)11-13(20)19-8-6-15-7-9-19/h4-5,15H,3,6-11H2,1-2H3. The number of aromatic nitrogens is 2. The molecule has 21 heavy (non-hydrogen) atoms. The number of rotatable bonds is 6. The van der Waals surface area contributed by atoms with Crippen molar-refractivity contribution >= 4 is 11.9 Å². The third kappa shape index (κ3) is 4.56. The molecule has 0 atom stereocenters. The first-order valence-corrected chi connectivity index (χ1v) is 7.36. The van der Waals surface area contributed by atoms with Crippen molar-refractivity contribution in [1.29, 1.82) is 0 Å². The van der Waals surface area contributed by atoms with Crippen LogP contribution in [0.3, 0.4) is 0 Å². The average molecular weight is 293 g/mol. The molecule has 2 rings (SSSR count). The molecule has 0 radical (unpaired) electrons. The molecule has 1 aromatic heterocycles. The summed E-state index contributed by atoms with van der Waals surface area (Å²) in [5.41, 5.74) is 0. The summed E-state index contributed by atoms with van der Waals surface area (Å²) in [6, 6.07) is 1.73. The zero-order chi connectivity index (χ0) is 15.1. The molecule has 0 bridgehead atoms. The minimum atomic E-state index is 0.0995. The van der Waals surface area contributed by atoms with Crippen LogP contribution < -0.4 is 15.0 Å². The van der Waals surface area contributed by atoms with Gasteiger partial charge in [-0.15, -0.1) is 0 Å². The van der Waals surface area contributed by atoms with Crippen molar-refractivity contribution in [1.82, 2.24) is 20.2 Å². The van der Waals surface area contributed by atoms with Gasteiger partial charge in [-0.2, -0.15) is 4.98 Å². The number of amides is 1. The van der Waals surface area contributed by atoms with E-state index in [2.05, 4.69) is 15.3 Å². The van der Waals surface area contributed by atoms with Gasteiger partial charge in [-0.05, 0) is 6.42 Å². The molecule has 1 saturated heterocycles. The monoisotopic (exact) mass is 293 g/mol. The summed E-state index contributed by atoms with van der Waals surface area (Å²) in [5.74, 6) is 1.15. The highest BCUT2D eigenvalue weighted by Gasteiger charge is 2.18. The summed E-state index contributed by atoms with van der Waals surface area (Å²) >= 11 is 0. The van der Waals surface area contributed by atoms with Gasteiger partial charge < -0.3 is 19.9 Å². The summed E-state index contributed by atoms with van der Waals surface area (Å²) in [6.45, 7) is 6.16. The number of likely N-dealkylation sites (N-methyl/N-ethyl adjacent to an activating group) is 1. The molecule has 1 aromatic rings. The van der Waals surface area contributed by atoms with Crippen LogP contribution in [-0.2, 0) is 4.79 Å². The largest absolute Gasteiger partial charge is 0.478 e. The van der Waals surface area contributed by atoms with E-state index in [4.69, 9.17) is 4.74 Å². The van der Waals surface area contributed by atoms with Gasteiger partial charge in [0, 0.05) is 45.5 Å². The van der Waals surface area contributed by atoms with Crippen LogP contribution in [0.15, 0.2) is 12.3 Å². The minimum Gasteiger partial charge on any atom is -0.478 e. The summed E-state index contributed by atoms with van der Waals surface area (Å²) in [7, 11) is 1.82. The first kappa shape index (κ1) is 15.5. The van der Waals surface area contributed by atoms with E-state index in [0.29, 0.717) is 18.4 Å². The van der Waals surface area contributed by atoms with Crippen LogP contribution in [-0.4, -0.2) is 67.2 Å². The van der Waals surface area contributed by atoms with E-state index < -0.39 is 0 Å². The predicted molar refractivity (Wildman–Crippen MR) is 80.5 cm³/mol. The fourth-order valence-corrected chi connectivity index (χ4v) is 2.09. The van der Waals surface area contributed by atoms with Crippen LogP contribution >= 0.6 is 0 Å². The predicted octanol–water partition coefficient (Wildman–Crippen LogP) is 0.133. The quantitative estimate of drug-likeness (QED) is 0.804. The molecule has 0 spiro atoms. The van der Waals surface area contributed by atoms with Gasteiger partial charge in [-0.25, -0.2) is 4.98 Å². The highest BCUT2D eigenvalue weighted by atomic mass is 16.5. The minimum absolute atomic E-state index is 0.0995. The molecule has 0 saturated carbocycles. The molecular weight excluding hydrogens is 270 g/mol. The van der Waals surface area contributed by atoms with E-state index in [9.17, 15) is 4.79 Å². The molecule has 116 valence electrons. The second-order valence-corrected chi connectivity index (χ2v) is 5.03. The summed E-state index contributed by atoms with van der Waals surface area (Å²) in [4.78, 5) is 24.3. The molecule has 2 heterocycles. The van der Waals surface area contributed by atoms with Crippen molar-refractivity contribution in [2.45, 2.75) is 13.3 Å².